The molecule has 6 heteroatoms. The Morgan fingerprint density at radius 2 is 1.75 bits per heavy atom. The van der Waals surface area contributed by atoms with Gasteiger partial charge in [-0.15, -0.1) is 0 Å². The highest BCUT2D eigenvalue weighted by Gasteiger charge is 2.46. The summed E-state index contributed by atoms with van der Waals surface area (Å²) in [5.41, 5.74) is 15.7. The Balaban J connectivity index is 0.000000221. The number of benzene rings is 3. The van der Waals surface area contributed by atoms with Crippen LogP contribution < -0.4 is 16.2 Å². The topological polar surface area (TPSA) is 111 Å². The maximum atomic E-state index is 11.3. The molecule has 0 aromatic heterocycles. The summed E-state index contributed by atoms with van der Waals surface area (Å²) in [5.74, 6) is 0.137. The normalized spacial score (nSPS) is 16.7. The van der Waals surface area contributed by atoms with Crippen LogP contribution in [0.5, 0.6) is 5.75 Å². The summed E-state index contributed by atoms with van der Waals surface area (Å²) >= 11 is 0. The molecular weight excluding hydrogens is 450 g/mol. The zero-order valence-electron chi connectivity index (χ0n) is 21.2. The van der Waals surface area contributed by atoms with Gasteiger partial charge in [-0.3, -0.25) is 4.79 Å². The van der Waals surface area contributed by atoms with Crippen molar-refractivity contribution in [2.24, 2.45) is 11.5 Å². The lowest BCUT2D eigenvalue weighted by Gasteiger charge is -2.23. The number of carbonyl (C=O) groups excluding carboxylic acids is 1. The number of para-hydroxylation sites is 1. The van der Waals surface area contributed by atoms with Crippen molar-refractivity contribution in [1.29, 1.82) is 5.26 Å². The molecule has 0 radical (unpaired) electrons. The Kier molecular flexibility index (Phi) is 8.31. The van der Waals surface area contributed by atoms with Gasteiger partial charge < -0.3 is 20.9 Å². The van der Waals surface area contributed by atoms with Gasteiger partial charge in [0.1, 0.15) is 12.4 Å². The highest BCUT2D eigenvalue weighted by molar-refractivity contribution is 5.89. The van der Waals surface area contributed by atoms with E-state index in [-0.39, 0.29) is 12.0 Å². The molecule has 1 unspecified atom stereocenters. The van der Waals surface area contributed by atoms with E-state index in [0.717, 1.165) is 11.1 Å². The second kappa shape index (κ2) is 11.2. The fraction of sp³-hybridized carbons (Fsp3) is 0.267. The van der Waals surface area contributed by atoms with Crippen LogP contribution in [0.3, 0.4) is 0 Å². The second-order valence-corrected chi connectivity index (χ2v) is 9.43. The lowest BCUT2D eigenvalue weighted by atomic mass is 9.84. The van der Waals surface area contributed by atoms with Crippen molar-refractivity contribution in [1.82, 2.24) is 0 Å². The number of fused-ring (bicyclic) bond motifs is 1. The van der Waals surface area contributed by atoms with E-state index in [9.17, 15) is 10.1 Å². The van der Waals surface area contributed by atoms with Crippen molar-refractivity contribution in [3.63, 3.8) is 0 Å². The summed E-state index contributed by atoms with van der Waals surface area (Å²) in [6.45, 7) is 7.04. The second-order valence-electron chi connectivity index (χ2n) is 9.43. The first-order valence-corrected chi connectivity index (χ1v) is 11.7. The number of rotatable bonds is 6. The van der Waals surface area contributed by atoms with E-state index in [1.807, 2.05) is 54.6 Å². The van der Waals surface area contributed by atoms with Crippen LogP contribution in [0, 0.1) is 18.3 Å². The molecule has 6 nitrogen and oxygen atoms in total. The molecule has 3 aromatic rings. The van der Waals surface area contributed by atoms with Crippen LogP contribution in [-0.2, 0) is 20.5 Å². The molecule has 0 spiro atoms. The summed E-state index contributed by atoms with van der Waals surface area (Å²) in [4.78, 5) is 11.3. The van der Waals surface area contributed by atoms with Gasteiger partial charge in [0.15, 0.2) is 0 Å². The van der Waals surface area contributed by atoms with Gasteiger partial charge in [0.25, 0.3) is 5.91 Å². The molecule has 4 rings (SSSR count). The van der Waals surface area contributed by atoms with Crippen molar-refractivity contribution < 1.29 is 14.3 Å². The molecule has 1 heterocycles. The fourth-order valence-corrected chi connectivity index (χ4v) is 3.88. The van der Waals surface area contributed by atoms with Crippen LogP contribution in [-0.4, -0.2) is 26.2 Å². The molecule has 3 aromatic carbocycles. The SMILES string of the molecule is COC1(C(N)=O)COc2ccccc21.Cc1ccc(/C=C(\C#N)c2ccc(C(C)(C)CN)cc2)cc1. The van der Waals surface area contributed by atoms with Crippen LogP contribution >= 0.6 is 0 Å². The minimum atomic E-state index is -1.11. The van der Waals surface area contributed by atoms with E-state index < -0.39 is 11.5 Å². The highest BCUT2D eigenvalue weighted by atomic mass is 16.6. The zero-order valence-corrected chi connectivity index (χ0v) is 21.2. The van der Waals surface area contributed by atoms with E-state index >= 15 is 0 Å². The van der Waals surface area contributed by atoms with Gasteiger partial charge in [-0.2, -0.15) is 5.26 Å². The Bertz CT molecular complexity index is 1270. The number of ether oxygens (including phenoxy) is 2. The van der Waals surface area contributed by atoms with Crippen LogP contribution in [0.15, 0.2) is 72.8 Å². The van der Waals surface area contributed by atoms with Crippen molar-refractivity contribution in [3.8, 4) is 11.8 Å². The minimum Gasteiger partial charge on any atom is -0.489 e. The Hall–Kier alpha value is -3.92. The lowest BCUT2D eigenvalue weighted by molar-refractivity contribution is -0.142. The molecule has 0 bridgehead atoms. The smallest absolute Gasteiger partial charge is 0.258 e. The third kappa shape index (κ3) is 5.65. The Morgan fingerprint density at radius 1 is 1.11 bits per heavy atom. The van der Waals surface area contributed by atoms with Crippen molar-refractivity contribution in [3.05, 3.63) is 101 Å². The number of hydrogen-bond acceptors (Lipinski definition) is 5. The van der Waals surface area contributed by atoms with Gasteiger partial charge in [-0.25, -0.2) is 0 Å². The van der Waals surface area contributed by atoms with Crippen molar-refractivity contribution >= 4 is 17.6 Å². The van der Waals surface area contributed by atoms with E-state index in [1.165, 1.54) is 18.2 Å². The molecule has 0 fully saturated rings. The average molecular weight is 484 g/mol. The van der Waals surface area contributed by atoms with Crippen LogP contribution in [0.2, 0.25) is 0 Å². The van der Waals surface area contributed by atoms with Crippen LogP contribution in [0.1, 0.15) is 41.7 Å². The summed E-state index contributed by atoms with van der Waals surface area (Å²) in [6, 6.07) is 25.8. The van der Waals surface area contributed by atoms with Gasteiger partial charge in [0.2, 0.25) is 5.60 Å². The number of allylic oxidation sites excluding steroid dienone is 1. The predicted octanol–water partition coefficient (Wildman–Crippen LogP) is 4.70. The van der Waals surface area contributed by atoms with Gasteiger partial charge >= 0.3 is 0 Å². The monoisotopic (exact) mass is 483 g/mol. The number of amides is 1. The number of hydrogen-bond donors (Lipinski definition) is 2. The first-order valence-electron chi connectivity index (χ1n) is 11.7. The molecule has 186 valence electrons. The Labute approximate surface area is 213 Å². The third-order valence-corrected chi connectivity index (χ3v) is 6.50. The number of primary amides is 1. The number of aryl methyl sites for hydroxylation is 1. The van der Waals surface area contributed by atoms with Crippen LogP contribution in [0.25, 0.3) is 11.6 Å². The number of nitriles is 1. The molecule has 0 saturated heterocycles. The number of nitrogens with two attached hydrogens (primary N) is 2. The first-order chi connectivity index (χ1) is 17.2. The largest absolute Gasteiger partial charge is 0.489 e. The summed E-state index contributed by atoms with van der Waals surface area (Å²) < 4.78 is 10.5. The summed E-state index contributed by atoms with van der Waals surface area (Å²) in [5, 5.41) is 9.43. The minimum absolute atomic E-state index is 0.0496. The molecule has 0 aliphatic carbocycles. The van der Waals surface area contributed by atoms with Crippen molar-refractivity contribution in [2.45, 2.75) is 31.8 Å². The molecule has 4 N–H and O–H groups in total. The maximum absolute atomic E-state index is 11.3. The van der Waals surface area contributed by atoms with E-state index in [4.69, 9.17) is 20.9 Å². The van der Waals surface area contributed by atoms with Crippen molar-refractivity contribution in [2.75, 3.05) is 20.3 Å². The standard InChI is InChI=1S/C20H22N2.C10H11NO3/c1-15-4-6-16(7-5-15)12-18(13-21)17-8-10-19(11-9-17)20(2,3)14-22;1-13-10(9(11)12)6-14-8-5-3-2-4-7(8)10/h4-12H,14,22H2,1-3H3;2-5H,6H2,1H3,(H2,11,12)/b18-12+;. The predicted molar refractivity (Wildman–Crippen MR) is 143 cm³/mol. The quantitative estimate of drug-likeness (QED) is 0.390. The molecule has 1 atom stereocenters. The molecule has 1 amide bonds. The summed E-state index contributed by atoms with van der Waals surface area (Å²) in [6.07, 6.45) is 1.92. The fourth-order valence-electron chi connectivity index (χ4n) is 3.88. The number of carbonyl (C=O) groups is 1. The van der Waals surface area contributed by atoms with Crippen LogP contribution in [0.4, 0.5) is 0 Å². The third-order valence-electron chi connectivity index (χ3n) is 6.50. The lowest BCUT2D eigenvalue weighted by Crippen LogP contribution is -2.44. The first kappa shape index (κ1) is 26.7. The maximum Gasteiger partial charge on any atom is 0.258 e. The van der Waals surface area contributed by atoms with Gasteiger partial charge in [-0.05, 0) is 35.8 Å². The van der Waals surface area contributed by atoms with Gasteiger partial charge in [0, 0.05) is 24.6 Å². The summed E-state index contributed by atoms with van der Waals surface area (Å²) in [7, 11) is 1.45. The van der Waals surface area contributed by atoms with E-state index in [1.54, 1.807) is 12.1 Å². The molecular formula is C30H33N3O3. The van der Waals surface area contributed by atoms with E-state index in [0.29, 0.717) is 23.4 Å². The molecule has 1 aliphatic heterocycles. The molecule has 0 saturated carbocycles. The zero-order chi connectivity index (χ0) is 26.3. The highest BCUT2D eigenvalue weighted by Crippen LogP contribution is 2.38. The molecule has 1 aliphatic rings. The number of nitrogens with zero attached hydrogens (tertiary/aromatic N) is 1. The molecule has 36 heavy (non-hydrogen) atoms. The number of methoxy groups -OCH3 is 1. The van der Waals surface area contributed by atoms with Gasteiger partial charge in [0.05, 0.1) is 11.6 Å². The average Bonchev–Trinajstić information content (AvgIpc) is 3.29. The Morgan fingerprint density at radius 3 is 2.31 bits per heavy atom. The van der Waals surface area contributed by atoms with E-state index in [2.05, 4.69) is 39.0 Å². The van der Waals surface area contributed by atoms with Gasteiger partial charge in [-0.1, -0.05) is 86.1 Å².